The van der Waals surface area contributed by atoms with Gasteiger partial charge in [0.05, 0.1) is 11.2 Å². The molecule has 0 radical (unpaired) electrons. The monoisotopic (exact) mass is 499 g/mol. The summed E-state index contributed by atoms with van der Waals surface area (Å²) in [4.78, 5) is 19.9. The van der Waals surface area contributed by atoms with Crippen LogP contribution in [0, 0.1) is 0 Å². The van der Waals surface area contributed by atoms with E-state index in [-0.39, 0.29) is 11.8 Å². The van der Waals surface area contributed by atoms with Gasteiger partial charge in [-0.2, -0.15) is 0 Å². The summed E-state index contributed by atoms with van der Waals surface area (Å²) in [7, 11) is 0.916. The van der Waals surface area contributed by atoms with Crippen molar-refractivity contribution in [2.45, 2.75) is 51.3 Å². The van der Waals surface area contributed by atoms with Crippen LogP contribution >= 0.6 is 11.3 Å². The van der Waals surface area contributed by atoms with Gasteiger partial charge in [-0.05, 0) is 72.5 Å². The van der Waals surface area contributed by atoms with Crippen LogP contribution in [0.2, 0.25) is 0 Å². The molecule has 0 aliphatic rings. The van der Waals surface area contributed by atoms with Crippen molar-refractivity contribution in [3.8, 4) is 11.3 Å². The number of hydrogen-bond donors (Lipinski definition) is 2. The largest absolute Gasteiger partial charge is 0.325 e. The highest BCUT2D eigenvalue weighted by Gasteiger charge is 2.31. The molecule has 1 atom stereocenters. The molecular formula is C26H33N3O3S2. The Labute approximate surface area is 208 Å². The van der Waals surface area contributed by atoms with Gasteiger partial charge in [0, 0.05) is 23.2 Å². The van der Waals surface area contributed by atoms with Gasteiger partial charge in [0.15, 0.2) is 16.0 Å². The molecule has 1 heterocycles. The van der Waals surface area contributed by atoms with Crippen LogP contribution in [0.1, 0.15) is 67.0 Å². The maximum Gasteiger partial charge on any atom is 0.247 e. The highest BCUT2D eigenvalue weighted by atomic mass is 32.2. The lowest BCUT2D eigenvalue weighted by atomic mass is 9.84. The third-order valence-electron chi connectivity index (χ3n) is 5.67. The Hall–Kier alpha value is -2.55. The molecule has 0 saturated carbocycles. The molecule has 2 aromatic carbocycles. The SMILES string of the molecule is CC(C)c1cc(-c2cscn2)cc(C(C)C)c1C(C(=O)Nc1ccc(CN(C)C)cc1)[SH](=O)=O. The van der Waals surface area contributed by atoms with Gasteiger partial charge in [0.25, 0.3) is 0 Å². The molecule has 1 N–H and O–H groups in total. The number of carbonyl (C=O) groups excluding carboxylic acids is 1. The zero-order valence-corrected chi connectivity index (χ0v) is 22.2. The predicted octanol–water partition coefficient (Wildman–Crippen LogP) is 5.41. The minimum atomic E-state index is -3.06. The average molecular weight is 500 g/mol. The molecule has 0 bridgehead atoms. The molecule has 0 aliphatic carbocycles. The van der Waals surface area contributed by atoms with E-state index in [0.29, 0.717) is 11.3 Å². The molecule has 1 unspecified atom stereocenters. The fourth-order valence-electron chi connectivity index (χ4n) is 4.07. The first-order valence-corrected chi connectivity index (χ1v) is 13.5. The van der Waals surface area contributed by atoms with Crippen LogP contribution in [-0.2, 0) is 22.0 Å². The number of aromatic nitrogens is 1. The van der Waals surface area contributed by atoms with E-state index in [1.807, 2.05) is 83.6 Å². The van der Waals surface area contributed by atoms with Gasteiger partial charge in [-0.3, -0.25) is 4.79 Å². The molecule has 0 aliphatic heterocycles. The van der Waals surface area contributed by atoms with Crippen molar-refractivity contribution < 1.29 is 13.2 Å². The van der Waals surface area contributed by atoms with E-state index >= 15 is 0 Å². The van der Waals surface area contributed by atoms with E-state index in [9.17, 15) is 13.2 Å². The zero-order chi connectivity index (χ0) is 25.0. The van der Waals surface area contributed by atoms with Crippen molar-refractivity contribution in [3.63, 3.8) is 0 Å². The normalized spacial score (nSPS) is 12.6. The Morgan fingerprint density at radius 1 is 1.03 bits per heavy atom. The first-order valence-electron chi connectivity index (χ1n) is 11.3. The molecule has 0 spiro atoms. The van der Waals surface area contributed by atoms with E-state index in [4.69, 9.17) is 0 Å². The van der Waals surface area contributed by atoms with Crippen LogP contribution in [0.25, 0.3) is 11.3 Å². The topological polar surface area (TPSA) is 79.4 Å². The van der Waals surface area contributed by atoms with Gasteiger partial charge in [0.1, 0.15) is 0 Å². The minimum absolute atomic E-state index is 0.0293. The smallest absolute Gasteiger partial charge is 0.247 e. The van der Waals surface area contributed by atoms with E-state index < -0.39 is 21.9 Å². The number of hydrogen-bond acceptors (Lipinski definition) is 6. The summed E-state index contributed by atoms with van der Waals surface area (Å²) in [5.74, 6) is -0.481. The second-order valence-corrected chi connectivity index (χ2v) is 11.2. The summed E-state index contributed by atoms with van der Waals surface area (Å²) in [5, 5.41) is 3.52. The van der Waals surface area contributed by atoms with Crippen molar-refractivity contribution in [2.24, 2.45) is 0 Å². The van der Waals surface area contributed by atoms with Crippen LogP contribution < -0.4 is 5.32 Å². The van der Waals surface area contributed by atoms with Crippen molar-refractivity contribution in [2.75, 3.05) is 19.4 Å². The molecule has 0 saturated heterocycles. The minimum Gasteiger partial charge on any atom is -0.325 e. The fraction of sp³-hybridized carbons (Fsp3) is 0.385. The van der Waals surface area contributed by atoms with E-state index in [0.717, 1.165) is 34.5 Å². The van der Waals surface area contributed by atoms with Gasteiger partial charge < -0.3 is 10.2 Å². The standard InChI is InChI=1S/C26H33N3O3S2/c1-16(2)21-11-19(23-14-33-15-27-23)12-22(17(3)4)24(21)25(34(31)32)26(30)28-20-9-7-18(8-10-20)13-29(5)6/h7-12,14-17,25,34H,13H2,1-6H3,(H,28,30). The molecule has 0 fully saturated rings. The van der Waals surface area contributed by atoms with Crippen molar-refractivity contribution in [1.29, 1.82) is 0 Å². The van der Waals surface area contributed by atoms with Crippen LogP contribution in [0.4, 0.5) is 5.69 Å². The molecule has 1 aromatic heterocycles. The number of benzene rings is 2. The van der Waals surface area contributed by atoms with Crippen molar-refractivity contribution in [3.05, 3.63) is 69.5 Å². The number of thiol groups is 1. The molecular weight excluding hydrogens is 466 g/mol. The molecule has 8 heteroatoms. The summed E-state index contributed by atoms with van der Waals surface area (Å²) in [6, 6.07) is 11.5. The number of anilines is 1. The van der Waals surface area contributed by atoms with Gasteiger partial charge in [0.2, 0.25) is 5.91 Å². The van der Waals surface area contributed by atoms with E-state index in [1.165, 1.54) is 11.3 Å². The zero-order valence-electron chi connectivity index (χ0n) is 20.5. The molecule has 3 aromatic rings. The molecule has 3 rings (SSSR count). The summed E-state index contributed by atoms with van der Waals surface area (Å²) in [6.45, 7) is 8.85. The van der Waals surface area contributed by atoms with E-state index in [1.54, 1.807) is 5.51 Å². The maximum absolute atomic E-state index is 13.4. The van der Waals surface area contributed by atoms with Gasteiger partial charge >= 0.3 is 0 Å². The van der Waals surface area contributed by atoms with Gasteiger partial charge in [-0.25, -0.2) is 13.4 Å². The number of rotatable bonds is 9. The lowest BCUT2D eigenvalue weighted by Crippen LogP contribution is -2.25. The Balaban J connectivity index is 2.05. The van der Waals surface area contributed by atoms with E-state index in [2.05, 4.69) is 15.2 Å². The number of nitrogens with zero attached hydrogens (tertiary/aromatic N) is 2. The average Bonchev–Trinajstić information content (AvgIpc) is 3.29. The number of nitrogens with one attached hydrogen (secondary N) is 1. The predicted molar refractivity (Wildman–Crippen MR) is 141 cm³/mol. The third-order valence-corrected chi connectivity index (χ3v) is 7.17. The lowest BCUT2D eigenvalue weighted by Gasteiger charge is -2.24. The van der Waals surface area contributed by atoms with Gasteiger partial charge in [-0.15, -0.1) is 11.3 Å². The fourth-order valence-corrected chi connectivity index (χ4v) is 5.40. The highest BCUT2D eigenvalue weighted by Crippen LogP contribution is 2.38. The summed E-state index contributed by atoms with van der Waals surface area (Å²) in [6.07, 6.45) is 0. The summed E-state index contributed by atoms with van der Waals surface area (Å²) >= 11 is 1.51. The lowest BCUT2D eigenvalue weighted by molar-refractivity contribution is -0.115. The van der Waals surface area contributed by atoms with Crippen LogP contribution in [0.15, 0.2) is 47.3 Å². The second kappa shape index (κ2) is 11.3. The Morgan fingerprint density at radius 3 is 2.06 bits per heavy atom. The number of amides is 1. The maximum atomic E-state index is 13.4. The van der Waals surface area contributed by atoms with Crippen LogP contribution in [0.5, 0.6) is 0 Å². The molecule has 34 heavy (non-hydrogen) atoms. The van der Waals surface area contributed by atoms with Crippen LogP contribution in [0.3, 0.4) is 0 Å². The summed E-state index contributed by atoms with van der Waals surface area (Å²) < 4.78 is 25.1. The second-order valence-electron chi connectivity index (χ2n) is 9.36. The highest BCUT2D eigenvalue weighted by molar-refractivity contribution is 7.73. The van der Waals surface area contributed by atoms with Gasteiger partial charge in [-0.1, -0.05) is 39.8 Å². The summed E-state index contributed by atoms with van der Waals surface area (Å²) in [5.41, 5.74) is 7.55. The molecule has 182 valence electrons. The Morgan fingerprint density at radius 2 is 1.62 bits per heavy atom. The third kappa shape index (κ3) is 6.11. The first-order chi connectivity index (χ1) is 16.1. The Kier molecular flexibility index (Phi) is 8.62. The number of carbonyl (C=O) groups is 1. The molecule has 1 amide bonds. The molecule has 6 nitrogen and oxygen atoms in total. The van der Waals surface area contributed by atoms with Crippen molar-refractivity contribution in [1.82, 2.24) is 9.88 Å². The van der Waals surface area contributed by atoms with Crippen molar-refractivity contribution >= 4 is 33.6 Å². The Bertz CT molecular complexity index is 1160. The van der Waals surface area contributed by atoms with Crippen LogP contribution in [-0.4, -0.2) is 38.3 Å². The number of thiazole rings is 1. The first kappa shape index (κ1) is 26.1. The quantitative estimate of drug-likeness (QED) is 0.385.